The van der Waals surface area contributed by atoms with Gasteiger partial charge in [0.1, 0.15) is 6.54 Å². The van der Waals surface area contributed by atoms with Crippen LogP contribution in [0.5, 0.6) is 0 Å². The molecule has 1 aromatic heterocycles. The minimum atomic E-state index is -0.261. The number of nitrogens with two attached hydrogens (primary N) is 1. The van der Waals surface area contributed by atoms with E-state index in [1.165, 1.54) is 23.0 Å². The summed E-state index contributed by atoms with van der Waals surface area (Å²) in [6, 6.07) is 8.27. The second kappa shape index (κ2) is 5.58. The van der Waals surface area contributed by atoms with Gasteiger partial charge in [0.25, 0.3) is 0 Å². The summed E-state index contributed by atoms with van der Waals surface area (Å²) in [6.07, 6.45) is 2.93. The molecule has 3 N–H and O–H groups in total. The second-order valence-corrected chi connectivity index (χ2v) is 4.37. The van der Waals surface area contributed by atoms with Gasteiger partial charge >= 0.3 is 0 Å². The van der Waals surface area contributed by atoms with Gasteiger partial charge in [-0.2, -0.15) is 0 Å². The molecule has 2 aromatic rings. The Hall–Kier alpha value is -2.27. The molecule has 0 bridgehead atoms. The topological polar surface area (TPSA) is 77.1 Å². The molecule has 0 atom stereocenters. The maximum Gasteiger partial charge on any atom is 0.244 e. The summed E-state index contributed by atoms with van der Waals surface area (Å²) < 4.78 is 1.53. The van der Waals surface area contributed by atoms with Crippen LogP contribution in [-0.2, 0) is 11.3 Å². The van der Waals surface area contributed by atoms with Crippen molar-refractivity contribution in [2.75, 3.05) is 11.1 Å². The fourth-order valence-electron chi connectivity index (χ4n) is 1.56. The van der Waals surface area contributed by atoms with Crippen molar-refractivity contribution < 1.29 is 4.79 Å². The fraction of sp³-hybridized carbons (Fsp3) is 0.0769. The normalized spacial score (nSPS) is 10.2. The van der Waals surface area contributed by atoms with E-state index < -0.39 is 0 Å². The van der Waals surface area contributed by atoms with Gasteiger partial charge in [-0.3, -0.25) is 9.59 Å². The third-order valence-corrected chi connectivity index (χ3v) is 2.81. The minimum Gasteiger partial charge on any atom is -0.394 e. The van der Waals surface area contributed by atoms with Crippen molar-refractivity contribution in [3.63, 3.8) is 0 Å². The Balaban J connectivity index is 2.07. The molecule has 0 spiro atoms. The van der Waals surface area contributed by atoms with Crippen LogP contribution in [0.15, 0.2) is 47.5 Å². The number of pyridine rings is 1. The molecular weight excluding hydrogens is 266 g/mol. The van der Waals surface area contributed by atoms with E-state index in [9.17, 15) is 9.59 Å². The van der Waals surface area contributed by atoms with Crippen LogP contribution in [0.1, 0.15) is 0 Å². The van der Waals surface area contributed by atoms with E-state index in [1.54, 1.807) is 24.3 Å². The molecule has 6 heteroatoms. The number of amides is 1. The van der Waals surface area contributed by atoms with E-state index in [4.69, 9.17) is 17.3 Å². The Kier molecular flexibility index (Phi) is 3.87. The van der Waals surface area contributed by atoms with Gasteiger partial charge in [-0.25, -0.2) is 0 Å². The maximum atomic E-state index is 11.8. The van der Waals surface area contributed by atoms with Crippen molar-refractivity contribution >= 4 is 28.9 Å². The number of rotatable bonds is 3. The number of halogens is 1. The summed E-state index contributed by atoms with van der Waals surface area (Å²) in [6.45, 7) is 0.0513. The Morgan fingerprint density at radius 3 is 2.74 bits per heavy atom. The van der Waals surface area contributed by atoms with Crippen LogP contribution in [0.4, 0.5) is 11.4 Å². The fourth-order valence-corrected chi connectivity index (χ4v) is 1.74. The quantitative estimate of drug-likeness (QED) is 0.897. The first-order valence-electron chi connectivity index (χ1n) is 5.56. The van der Waals surface area contributed by atoms with E-state index in [1.807, 2.05) is 0 Å². The maximum absolute atomic E-state index is 11.8. The number of aromatic nitrogens is 1. The zero-order valence-electron chi connectivity index (χ0n) is 9.97. The Labute approximate surface area is 114 Å². The lowest BCUT2D eigenvalue weighted by atomic mass is 10.3. The molecule has 5 nitrogen and oxygen atoms in total. The average molecular weight is 278 g/mol. The standard InChI is InChI=1S/C13H12ClN3O2/c14-9-3-1-2-4-11(9)16-13(19)8-17-6-5-12(18)10(15)7-17/h1-7H,8,15H2,(H,16,19). The molecule has 0 saturated heterocycles. The highest BCUT2D eigenvalue weighted by Gasteiger charge is 2.06. The summed E-state index contributed by atoms with van der Waals surface area (Å²) in [5.74, 6) is -0.254. The van der Waals surface area contributed by atoms with E-state index in [0.29, 0.717) is 10.7 Å². The summed E-state index contributed by atoms with van der Waals surface area (Å²) in [5.41, 5.74) is 5.87. The lowest BCUT2D eigenvalue weighted by Crippen LogP contribution is -2.20. The van der Waals surface area contributed by atoms with Gasteiger partial charge in [0, 0.05) is 18.5 Å². The summed E-state index contributed by atoms with van der Waals surface area (Å²) in [7, 11) is 0. The van der Waals surface area contributed by atoms with Gasteiger partial charge in [-0.15, -0.1) is 0 Å². The molecule has 0 aliphatic carbocycles. The molecule has 1 aromatic carbocycles. The Morgan fingerprint density at radius 1 is 1.32 bits per heavy atom. The highest BCUT2D eigenvalue weighted by atomic mass is 35.5. The molecule has 98 valence electrons. The molecule has 0 radical (unpaired) electrons. The monoisotopic (exact) mass is 277 g/mol. The van der Waals surface area contributed by atoms with Crippen LogP contribution in [0, 0.1) is 0 Å². The number of anilines is 2. The zero-order valence-corrected chi connectivity index (χ0v) is 10.7. The molecule has 0 aliphatic heterocycles. The lowest BCUT2D eigenvalue weighted by Gasteiger charge is -2.09. The molecule has 0 fully saturated rings. The van der Waals surface area contributed by atoms with Gasteiger partial charge in [-0.1, -0.05) is 23.7 Å². The van der Waals surface area contributed by atoms with E-state index >= 15 is 0 Å². The first-order valence-corrected chi connectivity index (χ1v) is 5.94. The van der Waals surface area contributed by atoms with Gasteiger partial charge in [0.05, 0.1) is 16.4 Å². The van der Waals surface area contributed by atoms with Crippen LogP contribution in [-0.4, -0.2) is 10.5 Å². The molecule has 0 unspecified atom stereocenters. The van der Waals surface area contributed by atoms with Crippen molar-refractivity contribution in [3.05, 3.63) is 58.0 Å². The summed E-state index contributed by atoms with van der Waals surface area (Å²) in [4.78, 5) is 23.0. The number of nitrogens with one attached hydrogen (secondary N) is 1. The third kappa shape index (κ3) is 3.35. The van der Waals surface area contributed by atoms with Gasteiger partial charge in [-0.05, 0) is 12.1 Å². The Bertz CT molecular complexity index is 667. The zero-order chi connectivity index (χ0) is 13.8. The van der Waals surface area contributed by atoms with Gasteiger partial charge < -0.3 is 15.6 Å². The van der Waals surface area contributed by atoms with Crippen molar-refractivity contribution in [2.45, 2.75) is 6.54 Å². The predicted molar refractivity (Wildman–Crippen MR) is 75.2 cm³/mol. The number of hydrogen-bond acceptors (Lipinski definition) is 3. The first-order chi connectivity index (χ1) is 9.06. The van der Waals surface area contributed by atoms with E-state index in [0.717, 1.165) is 0 Å². The van der Waals surface area contributed by atoms with Crippen LogP contribution in [0.2, 0.25) is 5.02 Å². The average Bonchev–Trinajstić information content (AvgIpc) is 2.37. The molecular formula is C13H12ClN3O2. The molecule has 1 heterocycles. The highest BCUT2D eigenvalue weighted by Crippen LogP contribution is 2.20. The van der Waals surface area contributed by atoms with Crippen molar-refractivity contribution in [2.24, 2.45) is 0 Å². The number of para-hydroxylation sites is 1. The van der Waals surface area contributed by atoms with Crippen LogP contribution >= 0.6 is 11.6 Å². The SMILES string of the molecule is Nc1cn(CC(=O)Nc2ccccc2Cl)ccc1=O. The number of nitrogens with zero attached hydrogens (tertiary/aromatic N) is 1. The van der Waals surface area contributed by atoms with Crippen molar-refractivity contribution in [3.8, 4) is 0 Å². The van der Waals surface area contributed by atoms with Crippen LogP contribution in [0.3, 0.4) is 0 Å². The second-order valence-electron chi connectivity index (χ2n) is 3.96. The number of benzene rings is 1. The van der Waals surface area contributed by atoms with E-state index in [2.05, 4.69) is 5.32 Å². The number of carbonyl (C=O) groups is 1. The summed E-state index contributed by atoms with van der Waals surface area (Å²) in [5, 5.41) is 3.15. The molecule has 19 heavy (non-hydrogen) atoms. The first kappa shape index (κ1) is 13.2. The van der Waals surface area contributed by atoms with Gasteiger partial charge in [0.2, 0.25) is 11.3 Å². The third-order valence-electron chi connectivity index (χ3n) is 2.48. The van der Waals surface area contributed by atoms with Crippen molar-refractivity contribution in [1.29, 1.82) is 0 Å². The number of hydrogen-bond donors (Lipinski definition) is 2. The largest absolute Gasteiger partial charge is 0.394 e. The lowest BCUT2D eigenvalue weighted by molar-refractivity contribution is -0.116. The molecule has 2 rings (SSSR count). The molecule has 0 saturated carbocycles. The Morgan fingerprint density at radius 2 is 2.05 bits per heavy atom. The minimum absolute atomic E-state index is 0.0513. The smallest absolute Gasteiger partial charge is 0.244 e. The predicted octanol–water partition coefficient (Wildman–Crippen LogP) is 1.72. The van der Waals surface area contributed by atoms with Crippen LogP contribution in [0.25, 0.3) is 0 Å². The number of carbonyl (C=O) groups excluding carboxylic acids is 1. The van der Waals surface area contributed by atoms with Crippen LogP contribution < -0.4 is 16.5 Å². The highest BCUT2D eigenvalue weighted by molar-refractivity contribution is 6.33. The number of nitrogen functional groups attached to an aromatic ring is 1. The molecule has 1 amide bonds. The van der Waals surface area contributed by atoms with Crippen molar-refractivity contribution in [1.82, 2.24) is 4.57 Å². The van der Waals surface area contributed by atoms with E-state index in [-0.39, 0.29) is 23.6 Å². The summed E-state index contributed by atoms with van der Waals surface area (Å²) >= 11 is 5.93. The molecule has 0 aliphatic rings. The van der Waals surface area contributed by atoms with Gasteiger partial charge in [0.15, 0.2) is 0 Å².